The molecule has 0 aliphatic heterocycles. The summed E-state index contributed by atoms with van der Waals surface area (Å²) in [5, 5.41) is 6.61. The van der Waals surface area contributed by atoms with Gasteiger partial charge in [-0.3, -0.25) is 9.52 Å². The van der Waals surface area contributed by atoms with Crippen molar-refractivity contribution in [2.45, 2.75) is 11.8 Å². The molecule has 0 spiro atoms. The van der Waals surface area contributed by atoms with E-state index in [1.165, 1.54) is 25.2 Å². The van der Waals surface area contributed by atoms with Gasteiger partial charge in [0.05, 0.1) is 12.3 Å². The normalized spacial score (nSPS) is 11.1. The predicted molar refractivity (Wildman–Crippen MR) is 105 cm³/mol. The molecule has 0 aliphatic carbocycles. The van der Waals surface area contributed by atoms with Gasteiger partial charge in [-0.05, 0) is 55.5 Å². The highest BCUT2D eigenvalue weighted by Gasteiger charge is 2.22. The van der Waals surface area contributed by atoms with Gasteiger partial charge in [-0.25, -0.2) is 13.1 Å². The van der Waals surface area contributed by atoms with Crippen molar-refractivity contribution in [2.75, 3.05) is 18.4 Å². The first-order valence-corrected chi connectivity index (χ1v) is 10.0. The Morgan fingerprint density at radius 1 is 1.18 bits per heavy atom. The molecule has 28 heavy (non-hydrogen) atoms. The van der Waals surface area contributed by atoms with Crippen molar-refractivity contribution >= 4 is 21.6 Å². The number of carbonyl (C=O) groups excluding carboxylic acids is 1. The number of sulfonamides is 1. The number of nitrogens with zero attached hydrogens (tertiary/aromatic N) is 2. The predicted octanol–water partition coefficient (Wildman–Crippen LogP) is 2.43. The first-order chi connectivity index (χ1) is 13.4. The average Bonchev–Trinajstić information content (AvgIpc) is 3.23. The second-order valence-electron chi connectivity index (χ2n) is 5.78. The number of anilines is 1. The minimum atomic E-state index is -3.97. The van der Waals surface area contributed by atoms with Crippen LogP contribution in [0, 0.1) is 0 Å². The third-order valence-corrected chi connectivity index (χ3v) is 5.31. The van der Waals surface area contributed by atoms with E-state index in [0.29, 0.717) is 12.3 Å². The number of hydrogen-bond acceptors (Lipinski definition) is 5. The molecule has 9 heteroatoms. The maximum atomic E-state index is 12.9. The fourth-order valence-electron chi connectivity index (χ4n) is 2.59. The number of amides is 1. The molecule has 2 N–H and O–H groups in total. The lowest BCUT2D eigenvalue weighted by Crippen LogP contribution is -2.20. The monoisotopic (exact) mass is 400 g/mol. The molecule has 8 nitrogen and oxygen atoms in total. The Hall–Kier alpha value is -3.33. The lowest BCUT2D eigenvalue weighted by molar-refractivity contribution is 0.0963. The summed E-state index contributed by atoms with van der Waals surface area (Å²) < 4.78 is 35.5. The average molecular weight is 400 g/mol. The molecule has 0 unspecified atom stereocenters. The number of ether oxygens (including phenoxy) is 1. The van der Waals surface area contributed by atoms with Crippen LogP contribution in [0.15, 0.2) is 65.8 Å². The summed E-state index contributed by atoms with van der Waals surface area (Å²) in [6.07, 6.45) is 3.45. The summed E-state index contributed by atoms with van der Waals surface area (Å²) in [6, 6.07) is 12.8. The summed E-state index contributed by atoms with van der Waals surface area (Å²) in [7, 11) is -2.50. The summed E-state index contributed by atoms with van der Waals surface area (Å²) in [4.78, 5) is 11.8. The highest BCUT2D eigenvalue weighted by molar-refractivity contribution is 7.92. The molecule has 0 atom stereocenters. The molecule has 3 aromatic rings. The van der Waals surface area contributed by atoms with Gasteiger partial charge in [-0.15, -0.1) is 0 Å². The topological polar surface area (TPSA) is 102 Å². The van der Waals surface area contributed by atoms with E-state index < -0.39 is 10.0 Å². The van der Waals surface area contributed by atoms with Crippen LogP contribution in [0.3, 0.4) is 0 Å². The SMILES string of the molecule is CCOc1ccc(C(=O)NC)cc1S(=O)(=O)Nc1ccc(-n2cccn2)cc1. The second kappa shape index (κ2) is 8.13. The molecular formula is C19H20N4O4S. The van der Waals surface area contributed by atoms with E-state index in [0.717, 1.165) is 5.69 Å². The Bertz CT molecular complexity index is 1060. The number of rotatable bonds is 7. The molecule has 0 fully saturated rings. The van der Waals surface area contributed by atoms with Gasteiger partial charge in [-0.1, -0.05) is 0 Å². The number of nitrogens with one attached hydrogen (secondary N) is 2. The minimum Gasteiger partial charge on any atom is -0.492 e. The Morgan fingerprint density at radius 3 is 2.54 bits per heavy atom. The van der Waals surface area contributed by atoms with Crippen molar-refractivity contribution in [1.82, 2.24) is 15.1 Å². The number of hydrogen-bond donors (Lipinski definition) is 2. The number of aromatic nitrogens is 2. The van der Waals surface area contributed by atoms with E-state index in [9.17, 15) is 13.2 Å². The van der Waals surface area contributed by atoms with Crippen molar-refractivity contribution in [1.29, 1.82) is 0 Å². The van der Waals surface area contributed by atoms with Gasteiger partial charge < -0.3 is 10.1 Å². The molecule has 146 valence electrons. The first kappa shape index (κ1) is 19.4. The van der Waals surface area contributed by atoms with Gasteiger partial charge in [0.2, 0.25) is 0 Å². The molecule has 1 heterocycles. The van der Waals surface area contributed by atoms with Crippen LogP contribution in [-0.2, 0) is 10.0 Å². The van der Waals surface area contributed by atoms with Crippen molar-refractivity contribution in [3.05, 3.63) is 66.5 Å². The van der Waals surface area contributed by atoms with Gasteiger partial charge in [0, 0.05) is 30.7 Å². The van der Waals surface area contributed by atoms with E-state index in [2.05, 4.69) is 15.1 Å². The first-order valence-electron chi connectivity index (χ1n) is 8.56. The van der Waals surface area contributed by atoms with Crippen LogP contribution in [-0.4, -0.2) is 37.8 Å². The molecule has 0 saturated carbocycles. The summed E-state index contributed by atoms with van der Waals surface area (Å²) in [5.74, 6) is -0.209. The Balaban J connectivity index is 1.92. The molecule has 0 saturated heterocycles. The number of carbonyl (C=O) groups is 1. The molecule has 0 bridgehead atoms. The fourth-order valence-corrected chi connectivity index (χ4v) is 3.82. The summed E-state index contributed by atoms with van der Waals surface area (Å²) in [5.41, 5.74) is 1.40. The van der Waals surface area contributed by atoms with E-state index >= 15 is 0 Å². The molecule has 0 radical (unpaired) electrons. The Morgan fingerprint density at radius 2 is 1.93 bits per heavy atom. The van der Waals surface area contributed by atoms with Gasteiger partial charge in [0.15, 0.2) is 0 Å². The smallest absolute Gasteiger partial charge is 0.265 e. The minimum absolute atomic E-state index is 0.105. The van der Waals surface area contributed by atoms with E-state index in [1.54, 1.807) is 54.3 Å². The van der Waals surface area contributed by atoms with Crippen LogP contribution in [0.5, 0.6) is 5.75 Å². The molecule has 1 aromatic heterocycles. The van der Waals surface area contributed by atoms with Gasteiger partial charge in [0.25, 0.3) is 15.9 Å². The third-order valence-electron chi connectivity index (χ3n) is 3.91. The Kier molecular flexibility index (Phi) is 5.65. The second-order valence-corrected chi connectivity index (χ2v) is 7.43. The van der Waals surface area contributed by atoms with Crippen molar-refractivity contribution < 1.29 is 17.9 Å². The van der Waals surface area contributed by atoms with Crippen molar-refractivity contribution in [2.24, 2.45) is 0 Å². The van der Waals surface area contributed by atoms with Gasteiger partial charge in [-0.2, -0.15) is 5.10 Å². The maximum Gasteiger partial charge on any atom is 0.265 e. The van der Waals surface area contributed by atoms with E-state index in [-0.39, 0.29) is 22.1 Å². The largest absolute Gasteiger partial charge is 0.492 e. The van der Waals surface area contributed by atoms with Crippen LogP contribution < -0.4 is 14.8 Å². The van der Waals surface area contributed by atoms with Gasteiger partial charge in [0.1, 0.15) is 10.6 Å². The third kappa shape index (κ3) is 4.15. The van der Waals surface area contributed by atoms with Crippen LogP contribution in [0.1, 0.15) is 17.3 Å². The molecule has 3 rings (SSSR count). The highest BCUT2D eigenvalue weighted by Crippen LogP contribution is 2.27. The molecule has 0 aliphatic rings. The zero-order valence-electron chi connectivity index (χ0n) is 15.4. The molecule has 1 amide bonds. The lowest BCUT2D eigenvalue weighted by atomic mass is 10.2. The number of benzene rings is 2. The lowest BCUT2D eigenvalue weighted by Gasteiger charge is -2.14. The summed E-state index contributed by atoms with van der Waals surface area (Å²) in [6.45, 7) is 2.05. The van der Waals surface area contributed by atoms with Crippen LogP contribution in [0.4, 0.5) is 5.69 Å². The van der Waals surface area contributed by atoms with Crippen molar-refractivity contribution in [3.63, 3.8) is 0 Å². The van der Waals surface area contributed by atoms with E-state index in [4.69, 9.17) is 4.74 Å². The van der Waals surface area contributed by atoms with E-state index in [1.807, 2.05) is 0 Å². The zero-order chi connectivity index (χ0) is 20.1. The molecular weight excluding hydrogens is 380 g/mol. The zero-order valence-corrected chi connectivity index (χ0v) is 16.2. The van der Waals surface area contributed by atoms with Crippen molar-refractivity contribution in [3.8, 4) is 11.4 Å². The van der Waals surface area contributed by atoms with Crippen LogP contribution in [0.2, 0.25) is 0 Å². The van der Waals surface area contributed by atoms with Crippen LogP contribution in [0.25, 0.3) is 5.69 Å². The van der Waals surface area contributed by atoms with Crippen LogP contribution >= 0.6 is 0 Å². The maximum absolute atomic E-state index is 12.9. The molecule has 2 aromatic carbocycles. The standard InChI is InChI=1S/C19H20N4O4S/c1-3-27-17-10-5-14(19(24)20-2)13-18(17)28(25,26)22-15-6-8-16(9-7-15)23-12-4-11-21-23/h4-13,22H,3H2,1-2H3,(H,20,24). The fraction of sp³-hybridized carbons (Fsp3) is 0.158. The highest BCUT2D eigenvalue weighted by atomic mass is 32.2. The Labute approximate surface area is 163 Å². The van der Waals surface area contributed by atoms with Gasteiger partial charge >= 0.3 is 0 Å². The quantitative estimate of drug-likeness (QED) is 0.634. The summed E-state index contributed by atoms with van der Waals surface area (Å²) >= 11 is 0.